The summed E-state index contributed by atoms with van der Waals surface area (Å²) in [6.45, 7) is 4.47. The van der Waals surface area contributed by atoms with E-state index in [4.69, 9.17) is 0 Å². The predicted octanol–water partition coefficient (Wildman–Crippen LogP) is 3.34. The Balaban J connectivity index is 2.41. The first-order valence-corrected chi connectivity index (χ1v) is 5.60. The molecule has 0 amide bonds. The third-order valence-corrected chi connectivity index (χ3v) is 2.52. The lowest BCUT2D eigenvalue weighted by Crippen LogP contribution is -1.97. The monoisotopic (exact) mass is 212 g/mol. The summed E-state index contributed by atoms with van der Waals surface area (Å²) in [5, 5.41) is 0. The van der Waals surface area contributed by atoms with E-state index in [1.54, 1.807) is 6.33 Å². The molecule has 0 spiro atoms. The van der Waals surface area contributed by atoms with Crippen molar-refractivity contribution in [3.63, 3.8) is 0 Å². The Hall–Kier alpha value is -1.70. The van der Waals surface area contributed by atoms with Crippen molar-refractivity contribution in [2.75, 3.05) is 0 Å². The van der Waals surface area contributed by atoms with Crippen molar-refractivity contribution in [2.45, 2.75) is 20.3 Å². The van der Waals surface area contributed by atoms with Gasteiger partial charge in [-0.2, -0.15) is 0 Å². The van der Waals surface area contributed by atoms with Crippen molar-refractivity contribution in [1.29, 1.82) is 0 Å². The van der Waals surface area contributed by atoms with Crippen LogP contribution in [0, 0.1) is 5.92 Å². The van der Waals surface area contributed by atoms with E-state index < -0.39 is 0 Å². The van der Waals surface area contributed by atoms with E-state index in [0.29, 0.717) is 5.92 Å². The standard InChI is InChI=1S/C14H16N2/c1-11(2)7-12-5-3-4-6-14(12)13-8-15-10-16-9-13/h3-6,8-11H,7H2,1-2H3. The SMILES string of the molecule is CC(C)Cc1ccccc1-c1cncnc1. The van der Waals surface area contributed by atoms with Crippen molar-refractivity contribution in [1.82, 2.24) is 9.97 Å². The minimum absolute atomic E-state index is 0.658. The Morgan fingerprint density at radius 2 is 1.75 bits per heavy atom. The molecule has 0 bridgehead atoms. The second-order valence-electron chi connectivity index (χ2n) is 4.38. The first kappa shape index (κ1) is 10.8. The fraction of sp³-hybridized carbons (Fsp3) is 0.286. The maximum absolute atomic E-state index is 4.07. The Bertz CT molecular complexity index is 449. The van der Waals surface area contributed by atoms with Crippen LogP contribution in [0.25, 0.3) is 11.1 Å². The molecule has 16 heavy (non-hydrogen) atoms. The molecule has 82 valence electrons. The maximum Gasteiger partial charge on any atom is 0.115 e. The molecular formula is C14H16N2. The molecule has 0 atom stereocenters. The molecule has 2 nitrogen and oxygen atoms in total. The van der Waals surface area contributed by atoms with Crippen molar-refractivity contribution in [2.24, 2.45) is 5.92 Å². The number of aromatic nitrogens is 2. The van der Waals surface area contributed by atoms with Gasteiger partial charge in [0.05, 0.1) is 0 Å². The lowest BCUT2D eigenvalue weighted by molar-refractivity contribution is 0.648. The number of nitrogens with zero attached hydrogens (tertiary/aromatic N) is 2. The van der Waals surface area contributed by atoms with Gasteiger partial charge < -0.3 is 0 Å². The van der Waals surface area contributed by atoms with Crippen molar-refractivity contribution in [3.05, 3.63) is 48.5 Å². The van der Waals surface area contributed by atoms with E-state index in [1.807, 2.05) is 12.4 Å². The van der Waals surface area contributed by atoms with Gasteiger partial charge >= 0.3 is 0 Å². The van der Waals surface area contributed by atoms with Crippen LogP contribution in [-0.2, 0) is 6.42 Å². The van der Waals surface area contributed by atoms with Gasteiger partial charge in [0.25, 0.3) is 0 Å². The van der Waals surface area contributed by atoms with Crippen LogP contribution in [0.1, 0.15) is 19.4 Å². The maximum atomic E-state index is 4.07. The zero-order chi connectivity index (χ0) is 11.4. The molecule has 2 aromatic rings. The first-order valence-electron chi connectivity index (χ1n) is 5.60. The lowest BCUT2D eigenvalue weighted by Gasteiger charge is -2.10. The van der Waals surface area contributed by atoms with Crippen LogP contribution >= 0.6 is 0 Å². The summed E-state index contributed by atoms with van der Waals surface area (Å²) in [5.74, 6) is 0.658. The highest BCUT2D eigenvalue weighted by molar-refractivity contribution is 5.65. The van der Waals surface area contributed by atoms with Crippen LogP contribution in [0.15, 0.2) is 43.0 Å². The quantitative estimate of drug-likeness (QED) is 0.779. The van der Waals surface area contributed by atoms with Crippen LogP contribution in [0.5, 0.6) is 0 Å². The van der Waals surface area contributed by atoms with E-state index >= 15 is 0 Å². The summed E-state index contributed by atoms with van der Waals surface area (Å²) in [6, 6.07) is 8.47. The first-order chi connectivity index (χ1) is 7.77. The summed E-state index contributed by atoms with van der Waals surface area (Å²) >= 11 is 0. The summed E-state index contributed by atoms with van der Waals surface area (Å²) in [7, 11) is 0. The van der Waals surface area contributed by atoms with Crippen LogP contribution in [-0.4, -0.2) is 9.97 Å². The molecule has 0 fully saturated rings. The van der Waals surface area contributed by atoms with Gasteiger partial charge in [-0.1, -0.05) is 38.1 Å². The predicted molar refractivity (Wildman–Crippen MR) is 66.0 cm³/mol. The summed E-state index contributed by atoms with van der Waals surface area (Å²) in [4.78, 5) is 8.14. The van der Waals surface area contributed by atoms with E-state index in [1.165, 1.54) is 11.1 Å². The third-order valence-electron chi connectivity index (χ3n) is 2.52. The molecular weight excluding hydrogens is 196 g/mol. The molecule has 0 aliphatic rings. The van der Waals surface area contributed by atoms with Crippen LogP contribution in [0.3, 0.4) is 0 Å². The van der Waals surface area contributed by atoms with Gasteiger partial charge in [-0.15, -0.1) is 0 Å². The second kappa shape index (κ2) is 4.88. The number of hydrogen-bond acceptors (Lipinski definition) is 2. The molecule has 1 heterocycles. The van der Waals surface area contributed by atoms with Gasteiger partial charge in [-0.05, 0) is 23.5 Å². The molecule has 2 rings (SSSR count). The van der Waals surface area contributed by atoms with E-state index in [-0.39, 0.29) is 0 Å². The fourth-order valence-electron chi connectivity index (χ4n) is 1.86. The summed E-state index contributed by atoms with van der Waals surface area (Å²) < 4.78 is 0. The van der Waals surface area contributed by atoms with Crippen molar-refractivity contribution < 1.29 is 0 Å². The van der Waals surface area contributed by atoms with E-state index in [0.717, 1.165) is 12.0 Å². The van der Waals surface area contributed by atoms with Crippen LogP contribution in [0.4, 0.5) is 0 Å². The zero-order valence-electron chi connectivity index (χ0n) is 9.72. The highest BCUT2D eigenvalue weighted by Crippen LogP contribution is 2.24. The highest BCUT2D eigenvalue weighted by atomic mass is 14.8. The van der Waals surface area contributed by atoms with Gasteiger partial charge in [0.2, 0.25) is 0 Å². The molecule has 0 aliphatic carbocycles. The molecule has 0 unspecified atom stereocenters. The molecule has 0 aliphatic heterocycles. The Labute approximate surface area is 96.4 Å². The highest BCUT2D eigenvalue weighted by Gasteiger charge is 2.06. The average Bonchev–Trinajstić information content (AvgIpc) is 2.30. The third kappa shape index (κ3) is 2.45. The van der Waals surface area contributed by atoms with Crippen molar-refractivity contribution >= 4 is 0 Å². The Morgan fingerprint density at radius 3 is 2.44 bits per heavy atom. The minimum Gasteiger partial charge on any atom is -0.244 e. The van der Waals surface area contributed by atoms with Gasteiger partial charge in [0.1, 0.15) is 6.33 Å². The van der Waals surface area contributed by atoms with E-state index in [2.05, 4.69) is 48.1 Å². The fourth-order valence-corrected chi connectivity index (χ4v) is 1.86. The minimum atomic E-state index is 0.658. The van der Waals surface area contributed by atoms with Gasteiger partial charge in [-0.25, -0.2) is 9.97 Å². The number of benzene rings is 1. The molecule has 1 aromatic carbocycles. The topological polar surface area (TPSA) is 25.8 Å². The zero-order valence-corrected chi connectivity index (χ0v) is 9.72. The molecule has 2 heteroatoms. The van der Waals surface area contributed by atoms with E-state index in [9.17, 15) is 0 Å². The number of rotatable bonds is 3. The van der Waals surface area contributed by atoms with Crippen LogP contribution < -0.4 is 0 Å². The largest absolute Gasteiger partial charge is 0.244 e. The van der Waals surface area contributed by atoms with Crippen molar-refractivity contribution in [3.8, 4) is 11.1 Å². The summed E-state index contributed by atoms with van der Waals surface area (Å²) in [6.07, 6.45) is 6.39. The average molecular weight is 212 g/mol. The lowest BCUT2D eigenvalue weighted by atomic mass is 9.95. The Kier molecular flexibility index (Phi) is 3.30. The summed E-state index contributed by atoms with van der Waals surface area (Å²) in [5.41, 5.74) is 3.71. The molecule has 0 radical (unpaired) electrons. The van der Waals surface area contributed by atoms with Gasteiger partial charge in [0, 0.05) is 18.0 Å². The van der Waals surface area contributed by atoms with Crippen LogP contribution in [0.2, 0.25) is 0 Å². The number of hydrogen-bond donors (Lipinski definition) is 0. The molecule has 1 aromatic heterocycles. The van der Waals surface area contributed by atoms with Gasteiger partial charge in [0.15, 0.2) is 0 Å². The van der Waals surface area contributed by atoms with Gasteiger partial charge in [-0.3, -0.25) is 0 Å². The molecule has 0 N–H and O–H groups in total. The smallest absolute Gasteiger partial charge is 0.115 e. The Morgan fingerprint density at radius 1 is 1.06 bits per heavy atom. The second-order valence-corrected chi connectivity index (χ2v) is 4.38. The molecule has 0 saturated carbocycles. The normalized spacial score (nSPS) is 10.7. The molecule has 0 saturated heterocycles.